The first kappa shape index (κ1) is 20.4. The van der Waals surface area contributed by atoms with Gasteiger partial charge in [-0.1, -0.05) is 24.3 Å². The molecule has 7 nitrogen and oxygen atoms in total. The van der Waals surface area contributed by atoms with Crippen molar-refractivity contribution in [2.45, 2.75) is 19.9 Å². The number of amides is 1. The second-order valence-corrected chi connectivity index (χ2v) is 7.89. The van der Waals surface area contributed by atoms with E-state index < -0.39 is 27.9 Å². The van der Waals surface area contributed by atoms with E-state index in [-0.39, 0.29) is 0 Å². The summed E-state index contributed by atoms with van der Waals surface area (Å²) >= 11 is 0. The molecule has 27 heavy (non-hydrogen) atoms. The Morgan fingerprint density at radius 2 is 1.70 bits per heavy atom. The average molecular weight is 390 g/mol. The largest absolute Gasteiger partial charge is 0.465 e. The summed E-state index contributed by atoms with van der Waals surface area (Å²) in [6.45, 7) is 3.18. The second kappa shape index (κ2) is 8.22. The van der Waals surface area contributed by atoms with Gasteiger partial charge in [0.2, 0.25) is 15.9 Å². The zero-order chi connectivity index (χ0) is 20.2. The molecule has 0 spiro atoms. The summed E-state index contributed by atoms with van der Waals surface area (Å²) in [6, 6.07) is 12.2. The SMILES string of the molecule is COC(=O)c1cccc(NC(=O)[C@H](C)N(c2ccccc2)S(C)(=O)=O)c1C. The number of hydrogen-bond donors (Lipinski definition) is 1. The van der Waals surface area contributed by atoms with Gasteiger partial charge in [-0.2, -0.15) is 0 Å². The van der Waals surface area contributed by atoms with Crippen LogP contribution in [0, 0.1) is 6.92 Å². The smallest absolute Gasteiger partial charge is 0.338 e. The monoisotopic (exact) mass is 390 g/mol. The van der Waals surface area contributed by atoms with Crippen molar-refractivity contribution in [3.8, 4) is 0 Å². The molecule has 2 aromatic rings. The number of nitrogens with one attached hydrogen (secondary N) is 1. The van der Waals surface area contributed by atoms with Crippen molar-refractivity contribution in [2.24, 2.45) is 0 Å². The molecule has 8 heteroatoms. The van der Waals surface area contributed by atoms with Crippen molar-refractivity contribution in [3.63, 3.8) is 0 Å². The number of hydrogen-bond acceptors (Lipinski definition) is 5. The molecule has 0 radical (unpaired) electrons. The van der Waals surface area contributed by atoms with Crippen LogP contribution >= 0.6 is 0 Å². The standard InChI is InChI=1S/C19H22N2O5S/c1-13-16(19(23)26-3)11-8-12-17(13)20-18(22)14(2)21(27(4,24)25)15-9-6-5-7-10-15/h5-12,14H,1-4H3,(H,20,22)/t14-/m0/s1. The van der Waals surface area contributed by atoms with Gasteiger partial charge in [-0.15, -0.1) is 0 Å². The van der Waals surface area contributed by atoms with E-state index in [2.05, 4.69) is 5.32 Å². The van der Waals surface area contributed by atoms with Crippen molar-refractivity contribution in [1.82, 2.24) is 0 Å². The number of esters is 1. The maximum atomic E-state index is 12.7. The number of methoxy groups -OCH3 is 1. The Morgan fingerprint density at radius 3 is 2.26 bits per heavy atom. The highest BCUT2D eigenvalue weighted by Crippen LogP contribution is 2.23. The van der Waals surface area contributed by atoms with Gasteiger partial charge in [0.1, 0.15) is 6.04 Å². The Kier molecular flexibility index (Phi) is 6.22. The minimum Gasteiger partial charge on any atom is -0.465 e. The third-order valence-corrected chi connectivity index (χ3v) is 5.34. The number of anilines is 2. The number of carbonyl (C=O) groups excluding carboxylic acids is 2. The van der Waals surface area contributed by atoms with E-state index in [0.29, 0.717) is 22.5 Å². The van der Waals surface area contributed by atoms with Crippen LogP contribution in [0.1, 0.15) is 22.8 Å². The van der Waals surface area contributed by atoms with Gasteiger partial charge in [0.25, 0.3) is 0 Å². The van der Waals surface area contributed by atoms with E-state index in [9.17, 15) is 18.0 Å². The summed E-state index contributed by atoms with van der Waals surface area (Å²) in [7, 11) is -2.42. The number of carbonyl (C=O) groups is 2. The molecule has 0 unspecified atom stereocenters. The third kappa shape index (κ3) is 4.65. The number of para-hydroxylation sites is 1. The van der Waals surface area contributed by atoms with E-state index in [1.54, 1.807) is 55.5 Å². The lowest BCUT2D eigenvalue weighted by Crippen LogP contribution is -2.45. The van der Waals surface area contributed by atoms with Crippen molar-refractivity contribution in [3.05, 3.63) is 59.7 Å². The molecule has 0 aliphatic carbocycles. The second-order valence-electron chi connectivity index (χ2n) is 6.03. The van der Waals surface area contributed by atoms with E-state index in [0.717, 1.165) is 10.6 Å². The van der Waals surface area contributed by atoms with Crippen LogP contribution in [0.5, 0.6) is 0 Å². The van der Waals surface area contributed by atoms with Gasteiger partial charge >= 0.3 is 5.97 Å². The summed E-state index contributed by atoms with van der Waals surface area (Å²) in [5, 5.41) is 2.70. The van der Waals surface area contributed by atoms with Gasteiger partial charge in [0.05, 0.1) is 24.6 Å². The van der Waals surface area contributed by atoms with Crippen LogP contribution in [0.2, 0.25) is 0 Å². The van der Waals surface area contributed by atoms with Crippen LogP contribution < -0.4 is 9.62 Å². The van der Waals surface area contributed by atoms with Crippen molar-refractivity contribution >= 4 is 33.3 Å². The van der Waals surface area contributed by atoms with Crippen molar-refractivity contribution in [2.75, 3.05) is 23.0 Å². The normalized spacial score (nSPS) is 12.1. The number of nitrogens with zero attached hydrogens (tertiary/aromatic N) is 1. The molecular formula is C19H22N2O5S. The van der Waals surface area contributed by atoms with E-state index in [1.807, 2.05) is 0 Å². The lowest BCUT2D eigenvalue weighted by Gasteiger charge is -2.28. The molecule has 1 N–H and O–H groups in total. The number of sulfonamides is 1. The summed E-state index contributed by atoms with van der Waals surface area (Å²) in [6.07, 6.45) is 1.05. The van der Waals surface area contributed by atoms with E-state index >= 15 is 0 Å². The lowest BCUT2D eigenvalue weighted by atomic mass is 10.1. The molecule has 0 bridgehead atoms. The lowest BCUT2D eigenvalue weighted by molar-refractivity contribution is -0.116. The first-order valence-electron chi connectivity index (χ1n) is 8.20. The summed E-state index contributed by atoms with van der Waals surface area (Å²) in [5.74, 6) is -1.03. The zero-order valence-electron chi connectivity index (χ0n) is 15.6. The van der Waals surface area contributed by atoms with Crippen LogP contribution in [0.25, 0.3) is 0 Å². The minimum atomic E-state index is -3.69. The Morgan fingerprint density at radius 1 is 1.07 bits per heavy atom. The Hall–Kier alpha value is -2.87. The summed E-state index contributed by atoms with van der Waals surface area (Å²) in [4.78, 5) is 24.6. The number of benzene rings is 2. The van der Waals surface area contributed by atoms with Gasteiger partial charge in [0.15, 0.2) is 0 Å². The van der Waals surface area contributed by atoms with Crippen LogP contribution in [0.15, 0.2) is 48.5 Å². The molecule has 0 aliphatic rings. The molecule has 1 amide bonds. The van der Waals surface area contributed by atoms with Gasteiger partial charge < -0.3 is 10.1 Å². The molecule has 2 rings (SSSR count). The minimum absolute atomic E-state index is 0.325. The van der Waals surface area contributed by atoms with Crippen LogP contribution in [-0.2, 0) is 19.6 Å². The Bertz CT molecular complexity index is 942. The Balaban J connectivity index is 2.33. The van der Waals surface area contributed by atoms with E-state index in [4.69, 9.17) is 4.74 Å². The first-order chi connectivity index (χ1) is 12.7. The van der Waals surface area contributed by atoms with Gasteiger partial charge in [-0.25, -0.2) is 13.2 Å². The van der Waals surface area contributed by atoms with Gasteiger partial charge in [0, 0.05) is 5.69 Å². The zero-order valence-corrected chi connectivity index (χ0v) is 16.4. The molecule has 2 aromatic carbocycles. The Labute approximate surface area is 159 Å². The quantitative estimate of drug-likeness (QED) is 0.765. The van der Waals surface area contributed by atoms with Gasteiger partial charge in [-0.3, -0.25) is 9.10 Å². The third-order valence-electron chi connectivity index (χ3n) is 4.10. The topological polar surface area (TPSA) is 92.8 Å². The van der Waals surface area contributed by atoms with Crippen LogP contribution in [0.3, 0.4) is 0 Å². The molecular weight excluding hydrogens is 368 g/mol. The number of rotatable bonds is 6. The van der Waals surface area contributed by atoms with Crippen LogP contribution in [0.4, 0.5) is 11.4 Å². The predicted octanol–water partition coefficient (Wildman–Crippen LogP) is 2.57. The van der Waals surface area contributed by atoms with Gasteiger partial charge in [-0.05, 0) is 43.7 Å². The molecule has 0 fully saturated rings. The predicted molar refractivity (Wildman–Crippen MR) is 104 cm³/mol. The maximum Gasteiger partial charge on any atom is 0.338 e. The average Bonchev–Trinajstić information content (AvgIpc) is 2.62. The van der Waals surface area contributed by atoms with Crippen molar-refractivity contribution in [1.29, 1.82) is 0 Å². The summed E-state index contributed by atoms with van der Waals surface area (Å²) < 4.78 is 30.3. The maximum absolute atomic E-state index is 12.7. The molecule has 0 saturated carbocycles. The molecule has 144 valence electrons. The molecule has 0 aromatic heterocycles. The fraction of sp³-hybridized carbons (Fsp3) is 0.263. The van der Waals surface area contributed by atoms with E-state index in [1.165, 1.54) is 14.0 Å². The fourth-order valence-corrected chi connectivity index (χ4v) is 3.90. The van der Waals surface area contributed by atoms with Crippen molar-refractivity contribution < 1.29 is 22.7 Å². The molecule has 0 aliphatic heterocycles. The fourth-order valence-electron chi connectivity index (χ4n) is 2.72. The highest BCUT2D eigenvalue weighted by molar-refractivity contribution is 7.92. The molecule has 0 heterocycles. The molecule has 0 saturated heterocycles. The molecule has 1 atom stereocenters. The summed E-state index contributed by atoms with van der Waals surface area (Å²) in [5.41, 5.74) is 1.67. The first-order valence-corrected chi connectivity index (χ1v) is 10.0. The van der Waals surface area contributed by atoms with Crippen LogP contribution in [-0.4, -0.2) is 39.7 Å². The highest BCUT2D eigenvalue weighted by Gasteiger charge is 2.29. The number of ether oxygens (including phenoxy) is 1. The highest BCUT2D eigenvalue weighted by atomic mass is 32.2.